The van der Waals surface area contributed by atoms with E-state index in [0.29, 0.717) is 12.8 Å². The third-order valence-electron chi connectivity index (χ3n) is 5.74. The van der Waals surface area contributed by atoms with Crippen molar-refractivity contribution in [3.63, 3.8) is 0 Å². The Morgan fingerprint density at radius 3 is 2.00 bits per heavy atom. The first-order valence-corrected chi connectivity index (χ1v) is 10.1. The minimum absolute atomic E-state index is 0.0830. The van der Waals surface area contributed by atoms with Crippen LogP contribution in [-0.2, 0) is 19.4 Å². The van der Waals surface area contributed by atoms with Crippen molar-refractivity contribution in [2.75, 3.05) is 13.1 Å². The highest BCUT2D eigenvalue weighted by atomic mass is 32.2. The molecule has 8 nitrogen and oxygen atoms in total. The summed E-state index contributed by atoms with van der Waals surface area (Å²) in [5.41, 5.74) is -3.87. The van der Waals surface area contributed by atoms with Crippen LogP contribution in [-0.4, -0.2) is 70.4 Å². The molecule has 3 fully saturated rings. The first-order chi connectivity index (χ1) is 11.3. The first kappa shape index (κ1) is 18.4. The van der Waals surface area contributed by atoms with E-state index in [1.807, 2.05) is 0 Å². The molecule has 2 atom stereocenters. The van der Waals surface area contributed by atoms with E-state index >= 15 is 0 Å². The van der Waals surface area contributed by atoms with Crippen LogP contribution in [0.2, 0.25) is 0 Å². The monoisotopic (exact) mass is 375 g/mol. The van der Waals surface area contributed by atoms with Gasteiger partial charge in [-0.2, -0.15) is 0 Å². The van der Waals surface area contributed by atoms with E-state index < -0.39 is 49.0 Å². The smallest absolute Gasteiger partial charge is 0.410 e. The molecule has 3 rings (SSSR count). The number of sulfone groups is 1. The molecule has 0 aromatic rings. The molecular formula is C16H25NO7S. The highest BCUT2D eigenvalue weighted by Crippen LogP contribution is 2.53. The van der Waals surface area contributed by atoms with Gasteiger partial charge in [0.2, 0.25) is 0 Å². The number of fused-ring (bicyclic) bond motifs is 2. The summed E-state index contributed by atoms with van der Waals surface area (Å²) >= 11 is 0. The molecule has 3 heterocycles. The normalized spacial score (nSPS) is 35.8. The summed E-state index contributed by atoms with van der Waals surface area (Å²) in [6, 6.07) is 0. The molecule has 1 amide bonds. The number of rotatable bonds is 2. The lowest BCUT2D eigenvalue weighted by molar-refractivity contribution is -0.198. The molecule has 0 aliphatic carbocycles. The van der Waals surface area contributed by atoms with Gasteiger partial charge in [0.15, 0.2) is 9.84 Å². The molecule has 25 heavy (non-hydrogen) atoms. The number of carboxylic acid groups (broad SMARTS) is 1. The lowest BCUT2D eigenvalue weighted by Crippen LogP contribution is -2.74. The third-order valence-corrected chi connectivity index (χ3v) is 8.41. The van der Waals surface area contributed by atoms with Gasteiger partial charge in [-0.05, 0) is 46.5 Å². The van der Waals surface area contributed by atoms with Gasteiger partial charge in [-0.25, -0.2) is 13.2 Å². The highest BCUT2D eigenvalue weighted by molar-refractivity contribution is 7.93. The summed E-state index contributed by atoms with van der Waals surface area (Å²) in [5, 5.41) is 19.5. The largest absolute Gasteiger partial charge is 0.481 e. The number of ether oxygens (including phenoxy) is 1. The lowest BCUT2D eigenvalue weighted by Gasteiger charge is -2.56. The predicted molar refractivity (Wildman–Crippen MR) is 87.8 cm³/mol. The number of likely N-dealkylation sites (tertiary alicyclic amines) is 1. The average molecular weight is 375 g/mol. The van der Waals surface area contributed by atoms with Crippen LogP contribution in [0.25, 0.3) is 0 Å². The second kappa shape index (κ2) is 5.33. The Bertz CT molecular complexity index is 682. The third kappa shape index (κ3) is 2.71. The highest BCUT2D eigenvalue weighted by Gasteiger charge is 2.68. The zero-order valence-corrected chi connectivity index (χ0v) is 15.5. The van der Waals surface area contributed by atoms with Gasteiger partial charge in [0.25, 0.3) is 0 Å². The minimum atomic E-state index is -3.28. The van der Waals surface area contributed by atoms with E-state index in [4.69, 9.17) is 4.74 Å². The summed E-state index contributed by atoms with van der Waals surface area (Å²) < 4.78 is 29.7. The average Bonchev–Trinajstić information content (AvgIpc) is 2.55. The van der Waals surface area contributed by atoms with Crippen molar-refractivity contribution in [3.8, 4) is 0 Å². The fourth-order valence-corrected chi connectivity index (χ4v) is 6.82. The number of amides is 1. The zero-order chi connectivity index (χ0) is 18.8. The van der Waals surface area contributed by atoms with Crippen molar-refractivity contribution in [2.45, 2.75) is 68.2 Å². The van der Waals surface area contributed by atoms with Crippen LogP contribution in [0.3, 0.4) is 0 Å². The molecule has 142 valence electrons. The minimum Gasteiger partial charge on any atom is -0.481 e. The van der Waals surface area contributed by atoms with Gasteiger partial charge in [-0.3, -0.25) is 4.79 Å². The van der Waals surface area contributed by atoms with Crippen LogP contribution >= 0.6 is 0 Å². The Morgan fingerprint density at radius 1 is 1.12 bits per heavy atom. The molecule has 0 spiro atoms. The van der Waals surface area contributed by atoms with Crippen molar-refractivity contribution in [2.24, 2.45) is 5.41 Å². The van der Waals surface area contributed by atoms with E-state index in [1.165, 1.54) is 4.90 Å². The van der Waals surface area contributed by atoms with Gasteiger partial charge >= 0.3 is 12.1 Å². The molecule has 0 aromatic carbocycles. The number of aliphatic carboxylic acids is 1. The van der Waals surface area contributed by atoms with Crippen LogP contribution in [0.1, 0.15) is 46.5 Å². The number of nitrogens with zero attached hydrogens (tertiary/aromatic N) is 1. The second-order valence-corrected chi connectivity index (χ2v) is 11.1. The van der Waals surface area contributed by atoms with Crippen molar-refractivity contribution >= 4 is 21.9 Å². The van der Waals surface area contributed by atoms with Crippen LogP contribution in [0.15, 0.2) is 0 Å². The van der Waals surface area contributed by atoms with E-state index in [1.54, 1.807) is 20.8 Å². The molecule has 2 unspecified atom stereocenters. The fourth-order valence-electron chi connectivity index (χ4n) is 4.33. The molecular weight excluding hydrogens is 350 g/mol. The topological polar surface area (TPSA) is 121 Å². The van der Waals surface area contributed by atoms with E-state index in [9.17, 15) is 28.2 Å². The molecule has 9 heteroatoms. The molecule has 0 saturated carbocycles. The van der Waals surface area contributed by atoms with Crippen LogP contribution < -0.4 is 0 Å². The van der Waals surface area contributed by atoms with Gasteiger partial charge in [-0.1, -0.05) is 0 Å². The summed E-state index contributed by atoms with van der Waals surface area (Å²) in [7, 11) is -3.28. The first-order valence-electron chi connectivity index (χ1n) is 8.47. The van der Waals surface area contributed by atoms with Crippen LogP contribution in [0.4, 0.5) is 4.79 Å². The molecule has 3 aliphatic heterocycles. The van der Waals surface area contributed by atoms with Crippen molar-refractivity contribution in [3.05, 3.63) is 0 Å². The Morgan fingerprint density at radius 2 is 1.60 bits per heavy atom. The predicted octanol–water partition coefficient (Wildman–Crippen LogP) is 0.779. The van der Waals surface area contributed by atoms with Crippen molar-refractivity contribution in [1.82, 2.24) is 4.90 Å². The van der Waals surface area contributed by atoms with Crippen LogP contribution in [0, 0.1) is 5.41 Å². The van der Waals surface area contributed by atoms with Gasteiger partial charge in [0.1, 0.15) is 11.0 Å². The molecule has 0 aromatic heterocycles. The summed E-state index contributed by atoms with van der Waals surface area (Å²) in [5.74, 6) is -1.20. The number of carboxylic acids is 1. The quantitative estimate of drug-likeness (QED) is 0.731. The molecule has 2 bridgehead atoms. The lowest BCUT2D eigenvalue weighted by atomic mass is 9.63. The molecule has 3 aliphatic rings. The Kier molecular flexibility index (Phi) is 3.93. The number of carbonyl (C=O) groups excluding carboxylic acids is 1. The van der Waals surface area contributed by atoms with E-state index in [-0.39, 0.29) is 25.9 Å². The van der Waals surface area contributed by atoms with Gasteiger partial charge in [0, 0.05) is 13.1 Å². The number of hydrogen-bond acceptors (Lipinski definition) is 6. The van der Waals surface area contributed by atoms with Gasteiger partial charge < -0.3 is 19.8 Å². The maximum atomic E-state index is 12.3. The molecule has 0 radical (unpaired) electrons. The van der Waals surface area contributed by atoms with Crippen LogP contribution in [0.5, 0.6) is 0 Å². The molecule has 3 saturated heterocycles. The zero-order valence-electron chi connectivity index (χ0n) is 14.7. The number of carbonyl (C=O) groups is 2. The summed E-state index contributed by atoms with van der Waals surface area (Å²) in [6.07, 6.45) is 0.127. The van der Waals surface area contributed by atoms with Gasteiger partial charge in [0.05, 0.1) is 16.1 Å². The fraction of sp³-hybridized carbons (Fsp3) is 0.875. The maximum Gasteiger partial charge on any atom is 0.410 e. The van der Waals surface area contributed by atoms with E-state index in [0.717, 1.165) is 0 Å². The Balaban J connectivity index is 1.80. The molecule has 2 N–H and O–H groups in total. The van der Waals surface area contributed by atoms with E-state index in [2.05, 4.69) is 0 Å². The standard InChI is InChI=1S/C16H25NO7S/c1-14(2,3)24-13(20)17-8-15(9-17,12(18)19)16(21)6-10-4-5-11(7-16)25(10,22)23/h10-11,21H,4-9H2,1-3H3,(H,18,19). The second-order valence-electron chi connectivity index (χ2n) is 8.57. The Labute approximate surface area is 147 Å². The van der Waals surface area contributed by atoms with Crippen molar-refractivity contribution in [1.29, 1.82) is 0 Å². The number of aliphatic hydroxyl groups is 1. The Hall–Kier alpha value is -1.35. The number of hydrogen-bond donors (Lipinski definition) is 2. The summed E-state index contributed by atoms with van der Waals surface area (Å²) in [4.78, 5) is 25.3. The van der Waals surface area contributed by atoms with Gasteiger partial charge in [-0.15, -0.1) is 0 Å². The summed E-state index contributed by atoms with van der Waals surface area (Å²) in [6.45, 7) is 4.80. The van der Waals surface area contributed by atoms with Crippen molar-refractivity contribution < 1.29 is 33.0 Å². The maximum absolute atomic E-state index is 12.3. The SMILES string of the molecule is CC(C)(C)OC(=O)N1CC(C(=O)O)(C2(O)CC3CCC(C2)S3(=O)=O)C1.